The zero-order valence-electron chi connectivity index (χ0n) is 18.9. The Morgan fingerprint density at radius 3 is 2.35 bits per heavy atom. The Labute approximate surface area is 196 Å². The highest BCUT2D eigenvalue weighted by molar-refractivity contribution is 7.93. The summed E-state index contributed by atoms with van der Waals surface area (Å²) in [6.45, 7) is 3.14. The van der Waals surface area contributed by atoms with Gasteiger partial charge < -0.3 is 4.57 Å². The topological polar surface area (TPSA) is 87.8 Å². The number of alkyl halides is 3. The van der Waals surface area contributed by atoms with E-state index in [1.807, 2.05) is 4.57 Å². The van der Waals surface area contributed by atoms with Gasteiger partial charge in [-0.2, -0.15) is 18.4 Å². The molecule has 0 aliphatic heterocycles. The highest BCUT2D eigenvalue weighted by Gasteiger charge is 2.33. The summed E-state index contributed by atoms with van der Waals surface area (Å²) in [7, 11) is -3.53. The third-order valence-corrected chi connectivity index (χ3v) is 8.02. The number of pyridine rings is 1. The van der Waals surface area contributed by atoms with Crippen molar-refractivity contribution in [2.75, 3.05) is 4.72 Å². The van der Waals surface area contributed by atoms with Gasteiger partial charge in [-0.25, -0.2) is 13.4 Å². The lowest BCUT2D eigenvalue weighted by molar-refractivity contribution is -0.137. The normalized spacial score (nSPS) is 15.6. The molecule has 180 valence electrons. The Balaban J connectivity index is 1.89. The largest absolute Gasteiger partial charge is 0.417 e. The van der Waals surface area contributed by atoms with Crippen LogP contribution in [0.2, 0.25) is 0 Å². The predicted octanol–water partition coefficient (Wildman–Crippen LogP) is 6.25. The van der Waals surface area contributed by atoms with Gasteiger partial charge in [-0.05, 0) is 50.5 Å². The maximum absolute atomic E-state index is 13.4. The molecule has 6 nitrogen and oxygen atoms in total. The molecule has 34 heavy (non-hydrogen) atoms. The summed E-state index contributed by atoms with van der Waals surface area (Å²) >= 11 is 0. The van der Waals surface area contributed by atoms with Crippen LogP contribution in [0.5, 0.6) is 0 Å². The quantitative estimate of drug-likeness (QED) is 0.458. The Kier molecular flexibility index (Phi) is 6.34. The average Bonchev–Trinajstić information content (AvgIpc) is 3.13. The van der Waals surface area contributed by atoms with Crippen molar-refractivity contribution in [2.45, 2.75) is 63.4 Å². The van der Waals surface area contributed by atoms with E-state index in [2.05, 4.69) is 15.8 Å². The smallest absolute Gasteiger partial charge is 0.321 e. The van der Waals surface area contributed by atoms with Gasteiger partial charge >= 0.3 is 6.18 Å². The highest BCUT2D eigenvalue weighted by Crippen LogP contribution is 2.41. The molecule has 0 unspecified atom stereocenters. The minimum atomic E-state index is -4.57. The maximum Gasteiger partial charge on any atom is 0.417 e. The first kappa shape index (κ1) is 24.1. The van der Waals surface area contributed by atoms with Gasteiger partial charge in [-0.15, -0.1) is 0 Å². The zero-order chi connectivity index (χ0) is 24.7. The van der Waals surface area contributed by atoms with Crippen LogP contribution in [0.3, 0.4) is 0 Å². The molecule has 0 atom stereocenters. The molecule has 0 amide bonds. The lowest BCUT2D eigenvalue weighted by atomic mass is 9.94. The van der Waals surface area contributed by atoms with E-state index in [9.17, 15) is 26.9 Å². The lowest BCUT2D eigenvalue weighted by Gasteiger charge is -2.26. The molecule has 1 aromatic carbocycles. The Morgan fingerprint density at radius 1 is 1.15 bits per heavy atom. The van der Waals surface area contributed by atoms with Crippen LogP contribution in [-0.4, -0.2) is 23.2 Å². The Morgan fingerprint density at radius 2 is 1.79 bits per heavy atom. The molecule has 10 heteroatoms. The van der Waals surface area contributed by atoms with Crippen LogP contribution in [0.25, 0.3) is 22.3 Å². The number of fused-ring (bicyclic) bond motifs is 1. The third kappa shape index (κ3) is 4.49. The summed E-state index contributed by atoms with van der Waals surface area (Å²) in [5, 5.41) is 9.55. The summed E-state index contributed by atoms with van der Waals surface area (Å²) in [6.07, 6.45) is 0.997. The van der Waals surface area contributed by atoms with Gasteiger partial charge in [0.1, 0.15) is 11.7 Å². The van der Waals surface area contributed by atoms with Crippen LogP contribution in [0.4, 0.5) is 18.9 Å². The number of nitrogens with zero attached hydrogens (tertiary/aromatic N) is 3. The standard InChI is InChI=1S/C24H25F3N4O2S/c1-15(2)34(32,33)30-18-10-8-16(9-11-18)22-21(13-28)20-12-17(24(25,26)27)14-29-23(20)31(22)19-6-4-3-5-7-19/h8-12,14-15,19,30H,3-7H2,1-2H3. The Bertz CT molecular complexity index is 1350. The number of anilines is 1. The fourth-order valence-electron chi connectivity index (χ4n) is 4.41. The van der Waals surface area contributed by atoms with Crippen molar-refractivity contribution in [2.24, 2.45) is 0 Å². The van der Waals surface area contributed by atoms with Crippen LogP contribution in [-0.2, 0) is 16.2 Å². The number of sulfonamides is 1. The molecular weight excluding hydrogens is 465 g/mol. The minimum absolute atomic E-state index is 0.0108. The summed E-state index contributed by atoms with van der Waals surface area (Å²) in [6, 6.07) is 9.65. The molecule has 1 saturated carbocycles. The van der Waals surface area contributed by atoms with Crippen molar-refractivity contribution in [1.29, 1.82) is 5.26 Å². The summed E-state index contributed by atoms with van der Waals surface area (Å²) in [5.41, 5.74) is 1.08. The monoisotopic (exact) mass is 490 g/mol. The first-order valence-corrected chi connectivity index (χ1v) is 12.7. The second-order valence-electron chi connectivity index (χ2n) is 8.86. The molecule has 0 saturated heterocycles. The second kappa shape index (κ2) is 8.95. The molecule has 0 radical (unpaired) electrons. The van der Waals surface area contributed by atoms with Crippen LogP contribution >= 0.6 is 0 Å². The number of aromatic nitrogens is 2. The molecule has 1 aliphatic rings. The third-order valence-electron chi connectivity index (χ3n) is 6.26. The van der Waals surface area contributed by atoms with Crippen molar-refractivity contribution < 1.29 is 21.6 Å². The van der Waals surface area contributed by atoms with E-state index in [0.717, 1.165) is 44.4 Å². The van der Waals surface area contributed by atoms with Gasteiger partial charge in [0, 0.05) is 23.3 Å². The number of halogens is 3. The van der Waals surface area contributed by atoms with Crippen molar-refractivity contribution in [3.8, 4) is 17.3 Å². The highest BCUT2D eigenvalue weighted by atomic mass is 32.2. The second-order valence-corrected chi connectivity index (χ2v) is 11.1. The van der Waals surface area contributed by atoms with Crippen LogP contribution in [0.1, 0.15) is 63.1 Å². The van der Waals surface area contributed by atoms with E-state index in [0.29, 0.717) is 22.6 Å². The minimum Gasteiger partial charge on any atom is -0.321 e. The Hall–Kier alpha value is -3.06. The number of hydrogen-bond donors (Lipinski definition) is 1. The predicted molar refractivity (Wildman–Crippen MR) is 125 cm³/mol. The molecule has 2 heterocycles. The zero-order valence-corrected chi connectivity index (χ0v) is 19.7. The number of rotatable bonds is 5. The van der Waals surface area contributed by atoms with Gasteiger partial charge in [0.15, 0.2) is 0 Å². The van der Waals surface area contributed by atoms with Gasteiger partial charge in [-0.3, -0.25) is 4.72 Å². The van der Waals surface area contributed by atoms with Crippen molar-refractivity contribution >= 4 is 26.7 Å². The van der Waals surface area contributed by atoms with Crippen molar-refractivity contribution in [1.82, 2.24) is 9.55 Å². The van der Waals surface area contributed by atoms with Gasteiger partial charge in [0.25, 0.3) is 0 Å². The van der Waals surface area contributed by atoms with Crippen LogP contribution in [0.15, 0.2) is 36.5 Å². The van der Waals surface area contributed by atoms with E-state index in [-0.39, 0.29) is 17.0 Å². The number of nitriles is 1. The number of hydrogen-bond acceptors (Lipinski definition) is 4. The van der Waals surface area contributed by atoms with E-state index < -0.39 is 27.0 Å². The van der Waals surface area contributed by atoms with Crippen molar-refractivity contribution in [3.05, 3.63) is 47.7 Å². The van der Waals surface area contributed by atoms with E-state index in [1.54, 1.807) is 38.1 Å². The number of nitrogens with one attached hydrogen (secondary N) is 1. The summed E-state index contributed by atoms with van der Waals surface area (Å²) in [5.74, 6) is 0. The van der Waals surface area contributed by atoms with Crippen molar-refractivity contribution in [3.63, 3.8) is 0 Å². The first-order valence-electron chi connectivity index (χ1n) is 11.2. The van der Waals surface area contributed by atoms with Crippen LogP contribution in [0, 0.1) is 11.3 Å². The van der Waals surface area contributed by atoms with Gasteiger partial charge in [-0.1, -0.05) is 31.4 Å². The molecule has 0 spiro atoms. The van der Waals surface area contributed by atoms with E-state index in [1.165, 1.54) is 0 Å². The van der Waals surface area contributed by atoms with Gasteiger partial charge in [0.2, 0.25) is 10.0 Å². The molecule has 0 bridgehead atoms. The van der Waals surface area contributed by atoms with E-state index >= 15 is 0 Å². The number of benzene rings is 1. The summed E-state index contributed by atoms with van der Waals surface area (Å²) < 4.78 is 69.0. The van der Waals surface area contributed by atoms with Crippen LogP contribution < -0.4 is 4.72 Å². The molecule has 1 fully saturated rings. The van der Waals surface area contributed by atoms with Gasteiger partial charge in [0.05, 0.1) is 22.1 Å². The fourth-order valence-corrected chi connectivity index (χ4v) is 5.11. The molecule has 3 aromatic rings. The maximum atomic E-state index is 13.4. The SMILES string of the molecule is CC(C)S(=O)(=O)Nc1ccc(-c2c(C#N)c3cc(C(F)(F)F)cnc3n2C2CCCCC2)cc1. The molecule has 1 aliphatic carbocycles. The average molecular weight is 491 g/mol. The summed E-state index contributed by atoms with van der Waals surface area (Å²) in [4.78, 5) is 4.16. The van der Waals surface area contributed by atoms with E-state index in [4.69, 9.17) is 0 Å². The fraction of sp³-hybridized carbons (Fsp3) is 0.417. The molecule has 4 rings (SSSR count). The lowest BCUT2D eigenvalue weighted by Crippen LogP contribution is -2.22. The molecule has 2 aromatic heterocycles. The first-order chi connectivity index (χ1) is 16.0. The molecule has 1 N–H and O–H groups in total. The molecular formula is C24H25F3N4O2S.